The van der Waals surface area contributed by atoms with Gasteiger partial charge < -0.3 is 13.9 Å². The van der Waals surface area contributed by atoms with Gasteiger partial charge in [-0.2, -0.15) is 0 Å². The summed E-state index contributed by atoms with van der Waals surface area (Å²) in [5.74, 6) is 0.615. The highest BCUT2D eigenvalue weighted by Gasteiger charge is 2.19. The lowest BCUT2D eigenvalue weighted by Crippen LogP contribution is -2.10. The van der Waals surface area contributed by atoms with Gasteiger partial charge in [-0.25, -0.2) is 4.98 Å². The van der Waals surface area contributed by atoms with Crippen LogP contribution in [0.5, 0.6) is 0 Å². The lowest BCUT2D eigenvalue weighted by Gasteiger charge is -2.26. The van der Waals surface area contributed by atoms with Crippen LogP contribution in [0.2, 0.25) is 0 Å². The number of oxazole rings is 1. The number of rotatable bonds is 6. The second-order valence-electron chi connectivity index (χ2n) is 12.9. The second-order valence-corrected chi connectivity index (χ2v) is 12.9. The quantitative estimate of drug-likeness (QED) is 0.179. The summed E-state index contributed by atoms with van der Waals surface area (Å²) in [5, 5.41) is 4.88. The summed E-state index contributed by atoms with van der Waals surface area (Å²) in [6, 6.07) is 66.5. The van der Waals surface area contributed by atoms with Crippen molar-refractivity contribution in [1.82, 2.24) is 9.55 Å². The van der Waals surface area contributed by atoms with Gasteiger partial charge in [0.25, 0.3) is 0 Å². The van der Waals surface area contributed by atoms with E-state index in [-0.39, 0.29) is 0 Å². The van der Waals surface area contributed by atoms with Crippen LogP contribution in [0.15, 0.2) is 192 Å². The fourth-order valence-electron chi connectivity index (χ4n) is 7.32. The average molecular weight is 654 g/mol. The molecular weight excluding hydrogens is 623 g/mol. The fraction of sp³-hybridized carbons (Fsp3) is 0. The number of anilines is 3. The van der Waals surface area contributed by atoms with Crippen molar-refractivity contribution < 1.29 is 4.42 Å². The minimum Gasteiger partial charge on any atom is -0.436 e. The van der Waals surface area contributed by atoms with Crippen molar-refractivity contribution in [3.8, 4) is 28.3 Å². The van der Waals surface area contributed by atoms with Crippen LogP contribution in [0.3, 0.4) is 0 Å². The van der Waals surface area contributed by atoms with E-state index >= 15 is 0 Å². The van der Waals surface area contributed by atoms with Gasteiger partial charge in [-0.05, 0) is 113 Å². The van der Waals surface area contributed by atoms with E-state index < -0.39 is 0 Å². The normalized spacial score (nSPS) is 11.5. The number of aromatic nitrogens is 2. The molecule has 2 aromatic heterocycles. The molecular formula is C47H31N3O. The molecule has 0 N–H and O–H groups in total. The summed E-state index contributed by atoms with van der Waals surface area (Å²) < 4.78 is 8.49. The maximum Gasteiger partial charge on any atom is 0.227 e. The Morgan fingerprint density at radius 1 is 0.431 bits per heavy atom. The van der Waals surface area contributed by atoms with Crippen molar-refractivity contribution in [3.05, 3.63) is 188 Å². The SMILES string of the molecule is c1ccc(-c2ccc(N(c3ccc(-c4nc5ccccc5o4)cc3)c3ccc4c(c3)c3cc5ccccc5cc3n4-c3ccccc3)cc2)cc1. The average Bonchev–Trinajstić information content (AvgIpc) is 3.77. The zero-order valence-electron chi connectivity index (χ0n) is 27.6. The van der Waals surface area contributed by atoms with Gasteiger partial charge in [0.1, 0.15) is 5.52 Å². The molecule has 0 aliphatic rings. The maximum atomic E-state index is 6.11. The topological polar surface area (TPSA) is 34.2 Å². The Balaban J connectivity index is 1.15. The molecule has 0 radical (unpaired) electrons. The Morgan fingerprint density at radius 3 is 1.73 bits per heavy atom. The van der Waals surface area contributed by atoms with Gasteiger partial charge in [-0.3, -0.25) is 0 Å². The van der Waals surface area contributed by atoms with Gasteiger partial charge in [0, 0.05) is 39.1 Å². The maximum absolute atomic E-state index is 6.11. The molecule has 51 heavy (non-hydrogen) atoms. The summed E-state index contributed by atoms with van der Waals surface area (Å²) in [4.78, 5) is 7.07. The molecule has 4 nitrogen and oxygen atoms in total. The smallest absolute Gasteiger partial charge is 0.227 e. The predicted molar refractivity (Wildman–Crippen MR) is 211 cm³/mol. The van der Waals surface area contributed by atoms with Crippen LogP contribution in [-0.4, -0.2) is 9.55 Å². The highest BCUT2D eigenvalue weighted by molar-refractivity contribution is 6.14. The number of nitrogens with zero attached hydrogens (tertiary/aromatic N) is 3. The first-order chi connectivity index (χ1) is 25.3. The first-order valence-electron chi connectivity index (χ1n) is 17.2. The van der Waals surface area contributed by atoms with Gasteiger partial charge >= 0.3 is 0 Å². The summed E-state index contributed by atoms with van der Waals surface area (Å²) in [5.41, 5.74) is 11.6. The molecule has 0 unspecified atom stereocenters. The summed E-state index contributed by atoms with van der Waals surface area (Å²) in [7, 11) is 0. The highest BCUT2D eigenvalue weighted by Crippen LogP contribution is 2.41. The summed E-state index contributed by atoms with van der Waals surface area (Å²) in [6.07, 6.45) is 0. The van der Waals surface area contributed by atoms with Crippen molar-refractivity contribution in [2.45, 2.75) is 0 Å². The third-order valence-corrected chi connectivity index (χ3v) is 9.79. The lowest BCUT2D eigenvalue weighted by molar-refractivity contribution is 0.620. The van der Waals surface area contributed by atoms with Crippen LogP contribution in [0.1, 0.15) is 0 Å². The Hall–Kier alpha value is -6.91. The van der Waals surface area contributed by atoms with Crippen LogP contribution in [0.4, 0.5) is 17.1 Å². The van der Waals surface area contributed by atoms with Crippen LogP contribution >= 0.6 is 0 Å². The molecule has 2 heterocycles. The van der Waals surface area contributed by atoms with E-state index in [1.165, 1.54) is 43.7 Å². The largest absolute Gasteiger partial charge is 0.436 e. The molecule has 0 atom stereocenters. The van der Waals surface area contributed by atoms with Gasteiger partial charge in [0.2, 0.25) is 5.89 Å². The number of para-hydroxylation sites is 3. The molecule has 0 spiro atoms. The van der Waals surface area contributed by atoms with Crippen molar-refractivity contribution in [2.75, 3.05) is 4.90 Å². The molecule has 0 saturated carbocycles. The molecule has 0 bridgehead atoms. The second kappa shape index (κ2) is 11.9. The van der Waals surface area contributed by atoms with Crippen LogP contribution < -0.4 is 4.90 Å². The minimum absolute atomic E-state index is 0.615. The molecule has 0 saturated heterocycles. The molecule has 240 valence electrons. The Kier molecular flexibility index (Phi) is 6.78. The molecule has 0 aliphatic carbocycles. The monoisotopic (exact) mass is 653 g/mol. The van der Waals surface area contributed by atoms with Crippen LogP contribution in [-0.2, 0) is 0 Å². The number of hydrogen-bond donors (Lipinski definition) is 0. The molecule has 0 amide bonds. The first kappa shape index (κ1) is 29.0. The van der Waals surface area contributed by atoms with E-state index in [1.54, 1.807) is 0 Å². The number of fused-ring (bicyclic) bond motifs is 5. The third kappa shape index (κ3) is 5.04. The standard InChI is InChI=1S/C47H31N3O/c1-3-11-32(12-4-1)33-19-23-38(24-20-33)49(39-25-21-34(22-26-39)47-48-43-17-9-10-18-46(43)51-47)40-27-28-44-42(31-40)41-29-35-13-7-8-14-36(35)30-45(41)50(44)37-15-5-2-6-16-37/h1-31H. The van der Waals surface area contributed by atoms with E-state index in [9.17, 15) is 0 Å². The van der Waals surface area contributed by atoms with Crippen molar-refractivity contribution in [2.24, 2.45) is 0 Å². The van der Waals surface area contributed by atoms with E-state index in [1.807, 2.05) is 24.3 Å². The van der Waals surface area contributed by atoms with E-state index in [4.69, 9.17) is 9.40 Å². The minimum atomic E-state index is 0.615. The van der Waals surface area contributed by atoms with E-state index in [0.717, 1.165) is 39.4 Å². The highest BCUT2D eigenvalue weighted by atomic mass is 16.3. The van der Waals surface area contributed by atoms with Gasteiger partial charge in [-0.15, -0.1) is 0 Å². The number of benzene rings is 8. The zero-order valence-corrected chi connectivity index (χ0v) is 27.6. The van der Waals surface area contributed by atoms with Crippen molar-refractivity contribution in [1.29, 1.82) is 0 Å². The Labute approximate surface area is 295 Å². The van der Waals surface area contributed by atoms with Crippen molar-refractivity contribution in [3.63, 3.8) is 0 Å². The van der Waals surface area contributed by atoms with E-state index in [2.05, 4.69) is 173 Å². The molecule has 0 aliphatic heterocycles. The third-order valence-electron chi connectivity index (χ3n) is 9.79. The molecule has 8 aromatic carbocycles. The molecule has 4 heteroatoms. The van der Waals surface area contributed by atoms with Crippen LogP contribution in [0, 0.1) is 0 Å². The predicted octanol–water partition coefficient (Wildman–Crippen LogP) is 12.9. The Bertz CT molecular complexity index is 2800. The zero-order chi connectivity index (χ0) is 33.7. The van der Waals surface area contributed by atoms with Crippen LogP contribution in [0.25, 0.3) is 71.9 Å². The molecule has 0 fully saturated rings. The molecule has 10 aromatic rings. The van der Waals surface area contributed by atoms with E-state index in [0.29, 0.717) is 5.89 Å². The lowest BCUT2D eigenvalue weighted by atomic mass is 10.0. The molecule has 10 rings (SSSR count). The Morgan fingerprint density at radius 2 is 1.00 bits per heavy atom. The van der Waals surface area contributed by atoms with Gasteiger partial charge in [-0.1, -0.05) is 97.1 Å². The van der Waals surface area contributed by atoms with Gasteiger partial charge in [0.15, 0.2) is 5.58 Å². The fourth-order valence-corrected chi connectivity index (χ4v) is 7.32. The number of hydrogen-bond acceptors (Lipinski definition) is 3. The van der Waals surface area contributed by atoms with Crippen molar-refractivity contribution >= 4 is 60.7 Å². The summed E-state index contributed by atoms with van der Waals surface area (Å²) >= 11 is 0. The first-order valence-corrected chi connectivity index (χ1v) is 17.2. The summed E-state index contributed by atoms with van der Waals surface area (Å²) in [6.45, 7) is 0. The van der Waals surface area contributed by atoms with Gasteiger partial charge in [0.05, 0.1) is 11.0 Å².